The summed E-state index contributed by atoms with van der Waals surface area (Å²) in [6, 6.07) is 0.497. The van der Waals surface area contributed by atoms with Gasteiger partial charge in [-0.25, -0.2) is 4.98 Å². The summed E-state index contributed by atoms with van der Waals surface area (Å²) in [6.45, 7) is 10.3. The molecule has 1 N–H and O–H groups in total. The Kier molecular flexibility index (Phi) is 4.32. The molecule has 2 aliphatic rings. The molecule has 0 amide bonds. The van der Waals surface area contributed by atoms with Crippen LogP contribution in [-0.4, -0.2) is 24.6 Å². The van der Waals surface area contributed by atoms with Crippen LogP contribution < -0.4 is 10.2 Å². The van der Waals surface area contributed by atoms with Gasteiger partial charge in [0.05, 0.1) is 11.7 Å². The summed E-state index contributed by atoms with van der Waals surface area (Å²) in [4.78, 5) is 9.07. The fraction of sp³-hybridized carbons (Fsp3) is 0.812. The van der Waals surface area contributed by atoms with Crippen molar-refractivity contribution in [3.8, 4) is 0 Å². The van der Waals surface area contributed by atoms with Crippen molar-refractivity contribution in [1.82, 2.24) is 10.3 Å². The van der Waals surface area contributed by atoms with Crippen LogP contribution in [0, 0.1) is 11.8 Å². The Morgan fingerprint density at radius 2 is 2.25 bits per heavy atom. The molecule has 2 heterocycles. The zero-order valence-corrected chi connectivity index (χ0v) is 13.8. The summed E-state index contributed by atoms with van der Waals surface area (Å²) in [5.41, 5.74) is 1.35. The third kappa shape index (κ3) is 2.73. The Bertz CT molecular complexity index is 455. The zero-order valence-electron chi connectivity index (χ0n) is 13.0. The van der Waals surface area contributed by atoms with Crippen LogP contribution in [0.3, 0.4) is 0 Å². The summed E-state index contributed by atoms with van der Waals surface area (Å²) in [5, 5.41) is 4.88. The summed E-state index contributed by atoms with van der Waals surface area (Å²) in [6.07, 6.45) is 5.12. The highest BCUT2D eigenvalue weighted by atomic mass is 32.1. The third-order valence-corrected chi connectivity index (χ3v) is 6.02. The maximum absolute atomic E-state index is 5.01. The first-order valence-electron chi connectivity index (χ1n) is 8.17. The van der Waals surface area contributed by atoms with Crippen molar-refractivity contribution in [2.75, 3.05) is 24.5 Å². The van der Waals surface area contributed by atoms with Gasteiger partial charge >= 0.3 is 0 Å². The number of nitrogens with zero attached hydrogens (tertiary/aromatic N) is 2. The van der Waals surface area contributed by atoms with Gasteiger partial charge in [-0.15, -0.1) is 11.3 Å². The first kappa shape index (κ1) is 14.3. The predicted octanol–water partition coefficient (Wildman–Crippen LogP) is 3.61. The molecule has 1 aromatic rings. The van der Waals surface area contributed by atoms with E-state index in [1.807, 2.05) is 11.3 Å². The molecule has 1 aliphatic heterocycles. The van der Waals surface area contributed by atoms with Crippen molar-refractivity contribution in [2.45, 2.75) is 52.5 Å². The fourth-order valence-electron chi connectivity index (χ4n) is 3.49. The Balaban J connectivity index is 1.76. The van der Waals surface area contributed by atoms with E-state index < -0.39 is 0 Å². The molecule has 2 atom stereocenters. The largest absolute Gasteiger partial charge is 0.348 e. The molecule has 1 saturated heterocycles. The lowest BCUT2D eigenvalue weighted by Crippen LogP contribution is -2.25. The molecule has 2 unspecified atom stereocenters. The number of aryl methyl sites for hydroxylation is 1. The monoisotopic (exact) mass is 293 g/mol. The summed E-state index contributed by atoms with van der Waals surface area (Å²) >= 11 is 1.95. The molecule has 0 radical (unpaired) electrons. The number of hydrogen-bond donors (Lipinski definition) is 1. The van der Waals surface area contributed by atoms with E-state index in [2.05, 4.69) is 31.0 Å². The van der Waals surface area contributed by atoms with Gasteiger partial charge in [0.25, 0.3) is 0 Å². The molecule has 20 heavy (non-hydrogen) atoms. The lowest BCUT2D eigenvalue weighted by Gasteiger charge is -2.21. The Labute approximate surface area is 126 Å². The molecule has 112 valence electrons. The van der Waals surface area contributed by atoms with Crippen molar-refractivity contribution >= 4 is 16.5 Å². The minimum Gasteiger partial charge on any atom is -0.348 e. The van der Waals surface area contributed by atoms with Crippen molar-refractivity contribution in [3.63, 3.8) is 0 Å². The van der Waals surface area contributed by atoms with E-state index in [-0.39, 0.29) is 0 Å². The highest BCUT2D eigenvalue weighted by Gasteiger charge is 2.30. The van der Waals surface area contributed by atoms with Crippen LogP contribution in [0.15, 0.2) is 0 Å². The lowest BCUT2D eigenvalue weighted by atomic mass is 9.95. The summed E-state index contributed by atoms with van der Waals surface area (Å²) < 4.78 is 0. The van der Waals surface area contributed by atoms with Crippen LogP contribution in [0.5, 0.6) is 0 Å². The van der Waals surface area contributed by atoms with Gasteiger partial charge in [0, 0.05) is 18.0 Å². The van der Waals surface area contributed by atoms with Crippen LogP contribution in [0.25, 0.3) is 0 Å². The molecule has 1 aromatic heterocycles. The molecule has 0 spiro atoms. The summed E-state index contributed by atoms with van der Waals surface area (Å²) in [7, 11) is 0. The molecule has 0 aromatic carbocycles. The maximum atomic E-state index is 5.01. The molecule has 0 saturated carbocycles. The van der Waals surface area contributed by atoms with Crippen LogP contribution in [0.4, 0.5) is 5.13 Å². The summed E-state index contributed by atoms with van der Waals surface area (Å²) in [5.74, 6) is 1.64. The van der Waals surface area contributed by atoms with E-state index in [0.717, 1.165) is 18.4 Å². The number of thiazole rings is 1. The molecular weight excluding hydrogens is 266 g/mol. The molecule has 3 nitrogen and oxygen atoms in total. The average molecular weight is 293 g/mol. The van der Waals surface area contributed by atoms with Gasteiger partial charge in [0.2, 0.25) is 0 Å². The van der Waals surface area contributed by atoms with Crippen LogP contribution in [-0.2, 0) is 6.42 Å². The van der Waals surface area contributed by atoms with Crippen molar-refractivity contribution in [2.24, 2.45) is 11.8 Å². The number of anilines is 1. The second-order valence-electron chi connectivity index (χ2n) is 6.55. The average Bonchev–Trinajstić information content (AvgIpc) is 3.06. The van der Waals surface area contributed by atoms with E-state index in [9.17, 15) is 0 Å². The number of hydrogen-bond acceptors (Lipinski definition) is 4. The Morgan fingerprint density at radius 3 is 2.95 bits per heavy atom. The van der Waals surface area contributed by atoms with Gasteiger partial charge in [-0.2, -0.15) is 0 Å². The van der Waals surface area contributed by atoms with Crippen molar-refractivity contribution < 1.29 is 0 Å². The molecule has 1 fully saturated rings. The SMILES string of the molecule is CCNC1CCCc2sc(N3CCC(C(C)C)C3)nc21. The van der Waals surface area contributed by atoms with Gasteiger partial charge in [-0.1, -0.05) is 20.8 Å². The standard InChI is InChI=1S/C16H27N3S/c1-4-17-13-6-5-7-14-15(13)18-16(20-14)19-9-8-12(10-19)11(2)3/h11-13,17H,4-10H2,1-3H3. The molecule has 4 heteroatoms. The minimum absolute atomic E-state index is 0.497. The quantitative estimate of drug-likeness (QED) is 0.919. The van der Waals surface area contributed by atoms with Crippen molar-refractivity contribution in [3.05, 3.63) is 10.6 Å². The smallest absolute Gasteiger partial charge is 0.185 e. The van der Waals surface area contributed by atoms with E-state index in [1.54, 1.807) is 0 Å². The number of rotatable bonds is 4. The lowest BCUT2D eigenvalue weighted by molar-refractivity contribution is 0.422. The molecule has 1 aliphatic carbocycles. The van der Waals surface area contributed by atoms with Crippen LogP contribution in [0.1, 0.15) is 56.6 Å². The first-order valence-corrected chi connectivity index (χ1v) is 8.98. The van der Waals surface area contributed by atoms with Crippen LogP contribution in [0.2, 0.25) is 0 Å². The number of fused-ring (bicyclic) bond motifs is 1. The van der Waals surface area contributed by atoms with Gasteiger partial charge in [0.1, 0.15) is 0 Å². The number of aromatic nitrogens is 1. The zero-order chi connectivity index (χ0) is 14.1. The Morgan fingerprint density at radius 1 is 1.40 bits per heavy atom. The predicted molar refractivity (Wildman–Crippen MR) is 86.6 cm³/mol. The maximum Gasteiger partial charge on any atom is 0.185 e. The van der Waals surface area contributed by atoms with E-state index >= 15 is 0 Å². The van der Waals surface area contributed by atoms with Gasteiger partial charge in [0.15, 0.2) is 5.13 Å². The fourth-order valence-corrected chi connectivity index (χ4v) is 4.69. The second kappa shape index (κ2) is 6.02. The third-order valence-electron chi connectivity index (χ3n) is 4.83. The second-order valence-corrected chi connectivity index (χ2v) is 7.61. The number of nitrogens with one attached hydrogen (secondary N) is 1. The van der Waals surface area contributed by atoms with E-state index in [1.165, 1.54) is 54.5 Å². The first-order chi connectivity index (χ1) is 9.69. The van der Waals surface area contributed by atoms with Gasteiger partial charge in [-0.3, -0.25) is 0 Å². The minimum atomic E-state index is 0.497. The van der Waals surface area contributed by atoms with Gasteiger partial charge in [-0.05, 0) is 44.1 Å². The van der Waals surface area contributed by atoms with E-state index in [0.29, 0.717) is 6.04 Å². The highest BCUT2D eigenvalue weighted by molar-refractivity contribution is 7.15. The van der Waals surface area contributed by atoms with E-state index in [4.69, 9.17) is 4.98 Å². The molecular formula is C16H27N3S. The highest BCUT2D eigenvalue weighted by Crippen LogP contribution is 2.38. The topological polar surface area (TPSA) is 28.2 Å². The van der Waals surface area contributed by atoms with Crippen molar-refractivity contribution in [1.29, 1.82) is 0 Å². The van der Waals surface area contributed by atoms with Gasteiger partial charge < -0.3 is 10.2 Å². The molecule has 0 bridgehead atoms. The Hall–Kier alpha value is -0.610. The normalized spacial score (nSPS) is 26.3. The molecule has 3 rings (SSSR count). The van der Waals surface area contributed by atoms with Crippen LogP contribution >= 0.6 is 11.3 Å².